The highest BCUT2D eigenvalue weighted by molar-refractivity contribution is 5.21. The van der Waals surface area contributed by atoms with Crippen LogP contribution in [0.2, 0.25) is 0 Å². The molecule has 1 aromatic carbocycles. The average molecular weight is 200 g/mol. The third-order valence-electron chi connectivity index (χ3n) is 2.06. The minimum absolute atomic E-state index is 0.132. The van der Waals surface area contributed by atoms with Crippen LogP contribution < -0.4 is 0 Å². The van der Waals surface area contributed by atoms with Crippen molar-refractivity contribution in [3.63, 3.8) is 0 Å². The van der Waals surface area contributed by atoms with Crippen molar-refractivity contribution in [3.8, 4) is 0 Å². The third kappa shape index (κ3) is 1.76. The Morgan fingerprint density at radius 3 is 2.21 bits per heavy atom. The minimum atomic E-state index is -0.898. The van der Waals surface area contributed by atoms with Crippen molar-refractivity contribution in [3.05, 3.63) is 35.4 Å². The molecule has 1 aliphatic heterocycles. The van der Waals surface area contributed by atoms with Gasteiger partial charge < -0.3 is 9.47 Å². The normalized spacial score (nSPS) is 18.4. The van der Waals surface area contributed by atoms with Gasteiger partial charge in [-0.25, -0.2) is 8.78 Å². The van der Waals surface area contributed by atoms with E-state index in [2.05, 4.69) is 0 Å². The molecule has 1 heterocycles. The Bertz CT molecular complexity index is 302. The van der Waals surface area contributed by atoms with Gasteiger partial charge in [-0.2, -0.15) is 0 Å². The van der Waals surface area contributed by atoms with Crippen molar-refractivity contribution in [1.82, 2.24) is 0 Å². The van der Waals surface area contributed by atoms with Crippen LogP contribution in [0.25, 0.3) is 0 Å². The van der Waals surface area contributed by atoms with Crippen molar-refractivity contribution in [2.75, 3.05) is 13.2 Å². The number of benzene rings is 1. The first-order valence-electron chi connectivity index (χ1n) is 4.46. The fourth-order valence-electron chi connectivity index (χ4n) is 1.39. The highest BCUT2D eigenvalue weighted by Gasteiger charge is 2.23. The molecule has 0 saturated carbocycles. The van der Waals surface area contributed by atoms with Gasteiger partial charge in [-0.05, 0) is 18.6 Å². The van der Waals surface area contributed by atoms with E-state index in [1.165, 1.54) is 18.2 Å². The van der Waals surface area contributed by atoms with Crippen molar-refractivity contribution in [2.24, 2.45) is 0 Å². The number of hydrogen-bond donors (Lipinski definition) is 0. The van der Waals surface area contributed by atoms with E-state index in [-0.39, 0.29) is 5.56 Å². The standard InChI is InChI=1S/C10H10F2O2/c11-7-3-1-4-8(12)9(7)10-13-5-2-6-14-10/h1,3-4,10H,2,5-6H2. The quantitative estimate of drug-likeness (QED) is 0.693. The van der Waals surface area contributed by atoms with E-state index in [1.54, 1.807) is 0 Å². The molecule has 76 valence electrons. The lowest BCUT2D eigenvalue weighted by molar-refractivity contribution is -0.185. The van der Waals surface area contributed by atoms with Crippen LogP contribution in [0.15, 0.2) is 18.2 Å². The van der Waals surface area contributed by atoms with Crippen molar-refractivity contribution in [1.29, 1.82) is 0 Å². The molecular formula is C10H10F2O2. The Morgan fingerprint density at radius 1 is 1.07 bits per heavy atom. The Labute approximate surface area is 80.4 Å². The molecule has 4 heteroatoms. The van der Waals surface area contributed by atoms with Crippen molar-refractivity contribution < 1.29 is 18.3 Å². The molecule has 1 saturated heterocycles. The zero-order chi connectivity index (χ0) is 9.97. The molecule has 14 heavy (non-hydrogen) atoms. The molecule has 0 bridgehead atoms. The van der Waals surface area contributed by atoms with Gasteiger partial charge in [0.15, 0.2) is 6.29 Å². The lowest BCUT2D eigenvalue weighted by Gasteiger charge is -2.23. The maximum atomic E-state index is 13.2. The molecule has 2 rings (SSSR count). The van der Waals surface area contributed by atoms with Gasteiger partial charge in [-0.1, -0.05) is 6.07 Å². The van der Waals surface area contributed by atoms with Gasteiger partial charge in [0.05, 0.1) is 18.8 Å². The second-order valence-electron chi connectivity index (χ2n) is 3.06. The smallest absolute Gasteiger partial charge is 0.189 e. The van der Waals surface area contributed by atoms with E-state index in [0.717, 1.165) is 6.42 Å². The van der Waals surface area contributed by atoms with Gasteiger partial charge in [-0.15, -0.1) is 0 Å². The first kappa shape index (κ1) is 9.55. The summed E-state index contributed by atoms with van der Waals surface area (Å²) in [7, 11) is 0. The molecule has 0 radical (unpaired) electrons. The fourth-order valence-corrected chi connectivity index (χ4v) is 1.39. The number of hydrogen-bond acceptors (Lipinski definition) is 2. The minimum Gasteiger partial charge on any atom is -0.348 e. The number of halogens is 2. The highest BCUT2D eigenvalue weighted by atomic mass is 19.1. The fraction of sp³-hybridized carbons (Fsp3) is 0.400. The van der Waals surface area contributed by atoms with Crippen LogP contribution in [0.4, 0.5) is 8.78 Å². The maximum Gasteiger partial charge on any atom is 0.189 e. The Morgan fingerprint density at radius 2 is 1.64 bits per heavy atom. The predicted molar refractivity (Wildman–Crippen MR) is 45.6 cm³/mol. The van der Waals surface area contributed by atoms with Gasteiger partial charge in [-0.3, -0.25) is 0 Å². The molecule has 0 spiro atoms. The van der Waals surface area contributed by atoms with E-state index in [4.69, 9.17) is 9.47 Å². The van der Waals surface area contributed by atoms with E-state index in [1.807, 2.05) is 0 Å². The summed E-state index contributed by atoms with van der Waals surface area (Å²) in [5, 5.41) is 0. The molecule has 0 atom stereocenters. The van der Waals surface area contributed by atoms with Gasteiger partial charge in [0, 0.05) is 0 Å². The summed E-state index contributed by atoms with van der Waals surface area (Å²) < 4.78 is 36.7. The van der Waals surface area contributed by atoms with Crippen LogP contribution in [-0.2, 0) is 9.47 Å². The molecule has 1 fully saturated rings. The Kier molecular flexibility index (Phi) is 2.74. The Balaban J connectivity index is 2.29. The maximum absolute atomic E-state index is 13.2. The predicted octanol–water partition coefficient (Wildman–Crippen LogP) is 2.40. The zero-order valence-corrected chi connectivity index (χ0v) is 7.50. The first-order chi connectivity index (χ1) is 6.79. The topological polar surface area (TPSA) is 18.5 Å². The monoisotopic (exact) mass is 200 g/mol. The summed E-state index contributed by atoms with van der Waals surface area (Å²) in [5.74, 6) is -1.26. The lowest BCUT2D eigenvalue weighted by Crippen LogP contribution is -2.19. The van der Waals surface area contributed by atoms with Crippen molar-refractivity contribution >= 4 is 0 Å². The van der Waals surface area contributed by atoms with Crippen LogP contribution in [0.3, 0.4) is 0 Å². The number of rotatable bonds is 1. The lowest BCUT2D eigenvalue weighted by atomic mass is 10.2. The van der Waals surface area contributed by atoms with Crippen LogP contribution >= 0.6 is 0 Å². The second kappa shape index (κ2) is 4.02. The van der Waals surface area contributed by atoms with Crippen LogP contribution in [0, 0.1) is 11.6 Å². The van der Waals surface area contributed by atoms with Gasteiger partial charge >= 0.3 is 0 Å². The summed E-state index contributed by atoms with van der Waals surface area (Å²) in [6.07, 6.45) is -0.142. The molecule has 1 aliphatic rings. The van der Waals surface area contributed by atoms with Crippen LogP contribution in [0.1, 0.15) is 18.3 Å². The second-order valence-corrected chi connectivity index (χ2v) is 3.06. The molecule has 1 aromatic rings. The molecule has 0 N–H and O–H groups in total. The summed E-state index contributed by atoms with van der Waals surface area (Å²) in [6, 6.07) is 3.70. The average Bonchev–Trinajstić information content (AvgIpc) is 2.19. The summed E-state index contributed by atoms with van der Waals surface area (Å²) in [6.45, 7) is 0.941. The zero-order valence-electron chi connectivity index (χ0n) is 7.50. The summed E-state index contributed by atoms with van der Waals surface area (Å²) in [4.78, 5) is 0. The largest absolute Gasteiger partial charge is 0.348 e. The highest BCUT2D eigenvalue weighted by Crippen LogP contribution is 2.27. The summed E-state index contributed by atoms with van der Waals surface area (Å²) >= 11 is 0. The molecular weight excluding hydrogens is 190 g/mol. The van der Waals surface area contributed by atoms with Gasteiger partial charge in [0.25, 0.3) is 0 Å². The molecule has 2 nitrogen and oxygen atoms in total. The number of ether oxygens (including phenoxy) is 2. The van der Waals surface area contributed by atoms with E-state index >= 15 is 0 Å². The SMILES string of the molecule is Fc1cccc(F)c1C1OCCCO1. The Hall–Kier alpha value is -1.00. The van der Waals surface area contributed by atoms with Gasteiger partial charge in [0.2, 0.25) is 0 Å². The summed E-state index contributed by atoms with van der Waals surface area (Å²) in [5.41, 5.74) is -0.132. The van der Waals surface area contributed by atoms with E-state index in [0.29, 0.717) is 13.2 Å². The van der Waals surface area contributed by atoms with Crippen molar-refractivity contribution in [2.45, 2.75) is 12.7 Å². The molecule has 0 aliphatic carbocycles. The molecule has 0 unspecified atom stereocenters. The van der Waals surface area contributed by atoms with E-state index in [9.17, 15) is 8.78 Å². The van der Waals surface area contributed by atoms with Gasteiger partial charge in [0.1, 0.15) is 11.6 Å². The molecule has 0 aromatic heterocycles. The van der Waals surface area contributed by atoms with Crippen LogP contribution in [0.5, 0.6) is 0 Å². The van der Waals surface area contributed by atoms with E-state index < -0.39 is 17.9 Å². The molecule has 0 amide bonds. The first-order valence-corrected chi connectivity index (χ1v) is 4.46. The third-order valence-corrected chi connectivity index (χ3v) is 2.06. The van der Waals surface area contributed by atoms with Crippen LogP contribution in [-0.4, -0.2) is 13.2 Å².